The Hall–Kier alpha value is -0.400. The highest BCUT2D eigenvalue weighted by molar-refractivity contribution is 4.01. The van der Waals surface area contributed by atoms with Crippen LogP contribution in [0.25, 0.3) is 0 Å². The van der Waals surface area contributed by atoms with Crippen molar-refractivity contribution in [2.24, 2.45) is 5.18 Å². The van der Waals surface area contributed by atoms with Gasteiger partial charge in [-0.2, -0.15) is 4.91 Å². The monoisotopic (exact) mass is 61.1 g/mol. The molecule has 0 amide bonds. The van der Waals surface area contributed by atoms with Crippen LogP contribution >= 0.6 is 0 Å². The van der Waals surface area contributed by atoms with Crippen LogP contribution in [-0.4, -0.2) is 7.05 Å². The second kappa shape index (κ2) is 18.5. The Kier molecular flexibility index (Phi) is 43.9. The molecule has 0 aliphatic heterocycles. The van der Waals surface area contributed by atoms with Crippen molar-refractivity contribution in [3.8, 4) is 0 Å². The van der Waals surface area contributed by atoms with Crippen LogP contribution in [0.5, 0.6) is 0 Å². The highest BCUT2D eigenvalue weighted by atomic mass is 16.2. The third-order valence-corrected chi connectivity index (χ3v) is 0. The van der Waals surface area contributed by atoms with E-state index >= 15 is 0 Å². The predicted molar refractivity (Wildman–Crippen MR) is 18.4 cm³/mol. The van der Waals surface area contributed by atoms with Gasteiger partial charge in [-0.3, -0.25) is 0 Å². The zero-order valence-electron chi connectivity index (χ0n) is 1.86. The van der Waals surface area contributed by atoms with E-state index in [0.717, 1.165) is 0 Å². The molecule has 0 aromatic heterocycles. The van der Waals surface area contributed by atoms with Crippen LogP contribution in [-0.2, 0) is 0 Å². The lowest BCUT2D eigenvalue weighted by Crippen LogP contribution is -1.21. The number of nitrogens with zero attached hydrogens (tertiary/aromatic N) is 1. The van der Waals surface area contributed by atoms with Gasteiger partial charge in [0, 0.05) is 0 Å². The van der Waals surface area contributed by atoms with Gasteiger partial charge in [-0.15, -0.1) is 0 Å². The van der Waals surface area contributed by atoms with Gasteiger partial charge < -0.3 is 0 Å². The molecule has 0 saturated heterocycles. The number of rotatable bonds is 0. The minimum Gasteiger partial charge on any atom is -0.151 e. The van der Waals surface area contributed by atoms with E-state index in [1.165, 1.54) is 7.05 Å². The van der Waals surface area contributed by atoms with Crippen LogP contribution in [0, 0.1) is 4.91 Å². The maximum atomic E-state index is 8.56. The standard InChI is InChI=1S/CH3NO.CH4/c1-2-3;/h1H3;1H4. The summed E-state index contributed by atoms with van der Waals surface area (Å²) < 4.78 is 0. The highest BCUT2D eigenvalue weighted by Crippen LogP contribution is 1.27. The molecule has 0 N–H and O–H groups in total. The van der Waals surface area contributed by atoms with E-state index in [2.05, 4.69) is 5.18 Å². The minimum atomic E-state index is 0. The fourth-order valence-electron chi connectivity index (χ4n) is 0. The smallest absolute Gasteiger partial charge is 0.0700 e. The van der Waals surface area contributed by atoms with Crippen molar-refractivity contribution >= 4 is 0 Å². The molecule has 0 fully saturated rings. The first kappa shape index (κ1) is 9.51. The zero-order valence-corrected chi connectivity index (χ0v) is 1.86. The molecule has 0 heterocycles. The Bertz CT molecular complexity index is 13.5. The van der Waals surface area contributed by atoms with Crippen LogP contribution in [0.4, 0.5) is 0 Å². The Morgan fingerprint density at radius 1 is 1.75 bits per heavy atom. The van der Waals surface area contributed by atoms with Gasteiger partial charge in [-0.05, 0) is 0 Å². The lowest BCUT2D eigenvalue weighted by molar-refractivity contribution is 1.42. The van der Waals surface area contributed by atoms with Gasteiger partial charge in [0.25, 0.3) is 0 Å². The third-order valence-electron chi connectivity index (χ3n) is 0. The maximum absolute atomic E-state index is 8.56. The molecule has 0 aliphatic carbocycles. The van der Waals surface area contributed by atoms with Crippen LogP contribution in [0.15, 0.2) is 5.18 Å². The molecule has 0 spiro atoms. The Labute approximate surface area is 25.8 Å². The Morgan fingerprint density at radius 3 is 1.75 bits per heavy atom. The summed E-state index contributed by atoms with van der Waals surface area (Å²) in [6, 6.07) is 0. The fraction of sp³-hybridized carbons (Fsp3) is 1.00. The quantitative estimate of drug-likeness (QED) is 0.384. The molecule has 4 heavy (non-hydrogen) atoms. The third kappa shape index (κ3) is 3.60. The average Bonchev–Trinajstić information content (AvgIpc) is 0.918. The number of nitroso groups, excluding NO2 is 1. The van der Waals surface area contributed by atoms with Crippen molar-refractivity contribution in [1.29, 1.82) is 0 Å². The second-order valence-electron chi connectivity index (χ2n) is 0.183. The predicted octanol–water partition coefficient (Wildman–Crippen LogP) is 1.02. The average molecular weight is 61.1 g/mol. The van der Waals surface area contributed by atoms with E-state index in [4.69, 9.17) is 4.91 Å². The summed E-state index contributed by atoms with van der Waals surface area (Å²) >= 11 is 0. The van der Waals surface area contributed by atoms with E-state index in [0.29, 0.717) is 0 Å². The first-order valence-electron chi connectivity index (χ1n) is 0.630. The molecule has 0 rings (SSSR count). The normalized spacial score (nSPS) is 3.25. The molecular weight excluding hydrogens is 54.0 g/mol. The summed E-state index contributed by atoms with van der Waals surface area (Å²) in [5.41, 5.74) is 0. The maximum Gasteiger partial charge on any atom is 0.0700 e. The van der Waals surface area contributed by atoms with Gasteiger partial charge in [0.15, 0.2) is 0 Å². The van der Waals surface area contributed by atoms with Crippen LogP contribution in [0.2, 0.25) is 0 Å². The SMILES string of the molecule is C.CN=O. The summed E-state index contributed by atoms with van der Waals surface area (Å²) in [4.78, 5) is 8.56. The van der Waals surface area contributed by atoms with Gasteiger partial charge >= 0.3 is 0 Å². The summed E-state index contributed by atoms with van der Waals surface area (Å²) in [6.07, 6.45) is 0. The zero-order chi connectivity index (χ0) is 2.71. The fourth-order valence-corrected chi connectivity index (χ4v) is 0. The largest absolute Gasteiger partial charge is 0.151 e. The van der Waals surface area contributed by atoms with E-state index < -0.39 is 0 Å². The lowest BCUT2D eigenvalue weighted by atomic mass is 11.6. The molecule has 0 atom stereocenters. The minimum absolute atomic E-state index is 0. The van der Waals surface area contributed by atoms with Gasteiger partial charge in [0.1, 0.15) is 0 Å². The number of hydrogen-bond acceptors (Lipinski definition) is 2. The molecule has 0 aromatic rings. The first-order chi connectivity index (χ1) is 1.41. The Balaban J connectivity index is 0. The van der Waals surface area contributed by atoms with E-state index in [-0.39, 0.29) is 7.43 Å². The summed E-state index contributed by atoms with van der Waals surface area (Å²) in [7, 11) is 1.19. The van der Waals surface area contributed by atoms with Crippen LogP contribution in [0.1, 0.15) is 7.43 Å². The van der Waals surface area contributed by atoms with Crippen molar-refractivity contribution in [3.05, 3.63) is 4.91 Å². The molecule has 2 nitrogen and oxygen atoms in total. The van der Waals surface area contributed by atoms with Crippen LogP contribution < -0.4 is 0 Å². The van der Waals surface area contributed by atoms with Gasteiger partial charge in [-0.1, -0.05) is 12.6 Å². The first-order valence-corrected chi connectivity index (χ1v) is 0.630. The molecular formula is C2H7NO. The van der Waals surface area contributed by atoms with Crippen molar-refractivity contribution in [2.75, 3.05) is 7.05 Å². The Morgan fingerprint density at radius 2 is 1.75 bits per heavy atom. The molecule has 0 bridgehead atoms. The van der Waals surface area contributed by atoms with Crippen molar-refractivity contribution in [1.82, 2.24) is 0 Å². The summed E-state index contributed by atoms with van der Waals surface area (Å²) in [5.74, 6) is 0. The number of hydrogen-bond donors (Lipinski definition) is 0. The molecule has 2 heteroatoms. The molecule has 0 radical (unpaired) electrons. The van der Waals surface area contributed by atoms with Crippen LogP contribution in [0.3, 0.4) is 0 Å². The summed E-state index contributed by atoms with van der Waals surface area (Å²) in [6.45, 7) is 0. The van der Waals surface area contributed by atoms with Gasteiger partial charge in [0.2, 0.25) is 0 Å². The van der Waals surface area contributed by atoms with E-state index in [1.807, 2.05) is 0 Å². The van der Waals surface area contributed by atoms with Crippen molar-refractivity contribution in [2.45, 2.75) is 7.43 Å². The van der Waals surface area contributed by atoms with E-state index in [9.17, 15) is 0 Å². The van der Waals surface area contributed by atoms with Gasteiger partial charge in [-0.25, -0.2) is 0 Å². The molecule has 0 aliphatic rings. The second-order valence-corrected chi connectivity index (χ2v) is 0.183. The molecule has 0 aromatic carbocycles. The molecule has 0 saturated carbocycles. The topological polar surface area (TPSA) is 29.4 Å². The lowest BCUT2D eigenvalue weighted by Gasteiger charge is -1.27. The molecule has 26 valence electrons. The van der Waals surface area contributed by atoms with Crippen molar-refractivity contribution in [3.63, 3.8) is 0 Å². The summed E-state index contributed by atoms with van der Waals surface area (Å²) in [5, 5.41) is 2.25. The molecule has 0 unspecified atom stereocenters. The van der Waals surface area contributed by atoms with Crippen molar-refractivity contribution < 1.29 is 0 Å². The highest BCUT2D eigenvalue weighted by Gasteiger charge is 1.19. The van der Waals surface area contributed by atoms with Gasteiger partial charge in [0.05, 0.1) is 7.05 Å². The van der Waals surface area contributed by atoms with E-state index in [1.54, 1.807) is 0 Å².